The Morgan fingerprint density at radius 2 is 0.530 bits per heavy atom. The second kappa shape index (κ2) is 37.1. The van der Waals surface area contributed by atoms with Gasteiger partial charge in [0.15, 0.2) is 0 Å². The van der Waals surface area contributed by atoms with Gasteiger partial charge in [0, 0.05) is 84.2 Å². The predicted molar refractivity (Wildman–Crippen MR) is 560 cm³/mol. The third kappa shape index (κ3) is 16.4. The first-order valence-electron chi connectivity index (χ1n) is 47.5. The highest BCUT2D eigenvalue weighted by atomic mass is 15.2. The number of hydrogen-bond donors (Lipinski definition) is 0. The van der Waals surface area contributed by atoms with Crippen LogP contribution in [-0.2, 0) is 35.2 Å². The van der Waals surface area contributed by atoms with Gasteiger partial charge in [-0.25, -0.2) is 22.8 Å². The molecular weight excluding hydrogens is 1630 g/mol. The standard InChI is InChI=1S/C34H39N2.C31H33N2.C20H19N2.C19H18N3.C18H16N3/c1-21(2)26-18-29(22(3)4)33(30(19-26)23(5)6)25-16-17-35(8)32(20-25)36-31-15-10-9-13-27(31)28-14-11-12-24(7)34(28)36;1-20(2)24-13-10-14-25(21(3)4)30(24)23-17-18-32(6)29(19-23)33-28-16-8-7-12-26(28)27-15-9-11-22(5)31(27)33;1-14-11-12-21(3)19(13-14)22-18-10-5-4-8-16(18)17-9-6-7-15(2)20(17)22;1-13-7-6-9-16-15-8-4-5-10-17(15)22(18(13)16)19-20-14(2)11-12-21(19)3;1-13-7-5-9-15-14-8-3-4-10-16(14)21(17(13)15)18-19-11-6-12-20(18)2/h9-23H,1-8H3;7-21H,1-6H3;4-13H,1-3H3;4-12H,1-3H3;3-12H,1-2H3/q5*+1. The van der Waals surface area contributed by atoms with Gasteiger partial charge in [-0.3, -0.25) is 0 Å². The van der Waals surface area contributed by atoms with E-state index in [0.29, 0.717) is 29.6 Å². The molecule has 0 N–H and O–H groups in total. The zero-order valence-corrected chi connectivity index (χ0v) is 81.9. The Bertz CT molecular complexity index is 8050. The highest BCUT2D eigenvalue weighted by Crippen LogP contribution is 2.44. The molecule has 0 fully saturated rings. The molecule has 12 heteroatoms. The molecule has 0 saturated carbocycles. The molecule has 12 aromatic carbocycles. The van der Waals surface area contributed by atoms with Crippen LogP contribution in [0.15, 0.2) is 328 Å². The largest absolute Gasteiger partial charge is 0.403 e. The predicted octanol–water partition coefficient (Wildman–Crippen LogP) is 27.9. The lowest BCUT2D eigenvalue weighted by Crippen LogP contribution is -2.35. The van der Waals surface area contributed by atoms with Crippen LogP contribution in [0.5, 0.6) is 0 Å². The molecule has 0 atom stereocenters. The number of benzene rings is 12. The summed E-state index contributed by atoms with van der Waals surface area (Å²) in [5.41, 5.74) is 33.7. The fourth-order valence-electron chi connectivity index (χ4n) is 20.4. The topological polar surface area (TPSA) is 69.8 Å². The molecule has 12 nitrogen and oxygen atoms in total. The molecule has 0 bridgehead atoms. The Balaban J connectivity index is 0.000000114. The van der Waals surface area contributed by atoms with E-state index in [1.165, 1.54) is 210 Å². The third-order valence-electron chi connectivity index (χ3n) is 27.2. The first-order valence-corrected chi connectivity index (χ1v) is 47.5. The van der Waals surface area contributed by atoms with Crippen molar-refractivity contribution < 1.29 is 22.8 Å². The van der Waals surface area contributed by atoms with E-state index in [1.807, 2.05) is 45.5 Å². The summed E-state index contributed by atoms with van der Waals surface area (Å²) in [6.45, 7) is 38.2. The minimum atomic E-state index is 0.448. The van der Waals surface area contributed by atoms with Crippen molar-refractivity contribution in [2.24, 2.45) is 35.2 Å². The van der Waals surface area contributed by atoms with Crippen molar-refractivity contribution in [3.8, 4) is 51.6 Å². The normalized spacial score (nSPS) is 11.7. The van der Waals surface area contributed by atoms with Gasteiger partial charge in [-0.15, -0.1) is 0 Å². The van der Waals surface area contributed by atoms with Crippen LogP contribution < -0.4 is 22.8 Å². The van der Waals surface area contributed by atoms with Crippen molar-refractivity contribution in [2.75, 3.05) is 0 Å². The number of aryl methyl sites for hydroxylation is 12. The summed E-state index contributed by atoms with van der Waals surface area (Å²) in [4.78, 5) is 9.37. The minimum absolute atomic E-state index is 0.448. The van der Waals surface area contributed by atoms with E-state index < -0.39 is 0 Å². The van der Waals surface area contributed by atoms with Crippen LogP contribution in [0.25, 0.3) is 161 Å². The summed E-state index contributed by atoms with van der Waals surface area (Å²) < 4.78 is 22.6. The van der Waals surface area contributed by atoms with Gasteiger partial charge in [-0.1, -0.05) is 255 Å². The van der Waals surface area contributed by atoms with Gasteiger partial charge in [-0.2, -0.15) is 22.8 Å². The molecule has 0 spiro atoms. The highest BCUT2D eigenvalue weighted by molar-refractivity contribution is 6.14. The van der Waals surface area contributed by atoms with E-state index in [0.717, 1.165) is 17.6 Å². The molecule has 0 saturated heterocycles. The van der Waals surface area contributed by atoms with Crippen molar-refractivity contribution in [1.82, 2.24) is 32.8 Å². The Labute approximate surface area is 788 Å². The van der Waals surface area contributed by atoms with E-state index in [1.54, 1.807) is 0 Å². The SMILES string of the molecule is Cc1cc[n+](C)c(-n2c3ccccc3c3cccc(C)c32)c1.Cc1cc[n+](C)c(-n2c3ccccc3c3cccc(C)c32)n1.Cc1cccc2c3ccccc3n(-c3cc(-c4c(C(C)C)cc(C(C)C)cc4C(C)C)cc[n+]3C)c12.Cc1cccc2c3ccccc3n(-c3cc(-c4c(C(C)C)cccc4C(C)C)cc[n+]3C)c12.Cc1cccc2c3ccccc3n(-c3nccc[n+]3C)c12. The Morgan fingerprint density at radius 3 is 0.881 bits per heavy atom. The van der Waals surface area contributed by atoms with Crippen LogP contribution in [0.2, 0.25) is 0 Å². The Hall–Kier alpha value is -14.8. The summed E-state index contributed by atoms with van der Waals surface area (Å²) in [6.07, 6.45) is 12.5. The summed E-state index contributed by atoms with van der Waals surface area (Å²) >= 11 is 0. The number of aromatic nitrogens is 12. The quantitative estimate of drug-likeness (QED) is 0.114. The van der Waals surface area contributed by atoms with Gasteiger partial charge in [0.25, 0.3) is 17.5 Å². The van der Waals surface area contributed by atoms with Gasteiger partial charge in [0.05, 0.1) is 66.2 Å². The molecule has 10 heterocycles. The van der Waals surface area contributed by atoms with E-state index in [4.69, 9.17) is 4.98 Å². The lowest BCUT2D eigenvalue weighted by atomic mass is 9.82. The second-order valence-corrected chi connectivity index (χ2v) is 38.2. The van der Waals surface area contributed by atoms with Crippen molar-refractivity contribution in [3.05, 3.63) is 395 Å². The second-order valence-electron chi connectivity index (χ2n) is 38.2. The van der Waals surface area contributed by atoms with Crippen LogP contribution >= 0.6 is 0 Å². The van der Waals surface area contributed by atoms with E-state index in [9.17, 15) is 0 Å². The minimum Gasteiger partial charge on any atom is -0.238 e. The maximum absolute atomic E-state index is 4.78. The molecule has 0 radical (unpaired) electrons. The molecule has 22 rings (SSSR count). The number of fused-ring (bicyclic) bond motifs is 15. The van der Waals surface area contributed by atoms with E-state index in [-0.39, 0.29) is 0 Å². The molecule has 0 unspecified atom stereocenters. The molecule has 668 valence electrons. The van der Waals surface area contributed by atoms with Crippen molar-refractivity contribution in [1.29, 1.82) is 0 Å². The fraction of sp³-hybridized carbons (Fsp3) is 0.221. The number of hydrogen-bond acceptors (Lipinski definition) is 2. The average Bonchev–Trinajstić information content (AvgIpc) is 1.59. The lowest BCUT2D eigenvalue weighted by molar-refractivity contribution is -0.668. The Morgan fingerprint density at radius 1 is 0.239 bits per heavy atom. The van der Waals surface area contributed by atoms with Gasteiger partial charge < -0.3 is 0 Å². The molecule has 0 aliphatic carbocycles. The van der Waals surface area contributed by atoms with Gasteiger partial charge in [-0.05, 0) is 246 Å². The maximum atomic E-state index is 4.78. The summed E-state index contributed by atoms with van der Waals surface area (Å²) in [6, 6.07) is 105. The van der Waals surface area contributed by atoms with Crippen molar-refractivity contribution in [2.45, 2.75) is 147 Å². The number of nitrogens with zero attached hydrogens (tertiary/aromatic N) is 12. The molecule has 0 aliphatic heterocycles. The van der Waals surface area contributed by atoms with Crippen molar-refractivity contribution >= 4 is 109 Å². The van der Waals surface area contributed by atoms with E-state index >= 15 is 0 Å². The number of rotatable bonds is 12. The van der Waals surface area contributed by atoms with Crippen LogP contribution in [-0.4, -0.2) is 32.8 Å². The summed E-state index contributed by atoms with van der Waals surface area (Å²) in [5, 5.41) is 12.9. The highest BCUT2D eigenvalue weighted by Gasteiger charge is 2.31. The first kappa shape index (κ1) is 89.8. The summed E-state index contributed by atoms with van der Waals surface area (Å²) in [7, 11) is 10.5. The van der Waals surface area contributed by atoms with Gasteiger partial charge >= 0.3 is 11.9 Å². The Kier molecular flexibility index (Phi) is 24.9. The van der Waals surface area contributed by atoms with Crippen LogP contribution in [0.3, 0.4) is 0 Å². The van der Waals surface area contributed by atoms with Crippen LogP contribution in [0, 0.1) is 48.5 Å². The monoisotopic (exact) mass is 1760 g/mol. The number of para-hydroxylation sites is 10. The zero-order valence-electron chi connectivity index (χ0n) is 81.9. The first-order chi connectivity index (χ1) is 64.7. The van der Waals surface area contributed by atoms with Crippen molar-refractivity contribution in [3.63, 3.8) is 0 Å². The zero-order chi connectivity index (χ0) is 93.9. The smallest absolute Gasteiger partial charge is 0.238 e. The molecule has 0 aliphatic rings. The van der Waals surface area contributed by atoms with Gasteiger partial charge in [0.2, 0.25) is 0 Å². The lowest BCUT2D eigenvalue weighted by Gasteiger charge is -2.23. The molecular formula is C122H125N12+5. The number of pyridine rings is 3. The van der Waals surface area contributed by atoms with Crippen LogP contribution in [0.4, 0.5) is 0 Å². The summed E-state index contributed by atoms with van der Waals surface area (Å²) in [5.74, 6) is 7.77. The molecule has 10 aromatic heterocycles. The fourth-order valence-corrected chi connectivity index (χ4v) is 20.4. The van der Waals surface area contributed by atoms with E-state index in [2.05, 4.69) is 486 Å². The average molecular weight is 1760 g/mol. The van der Waals surface area contributed by atoms with Gasteiger partial charge in [0.1, 0.15) is 67.1 Å². The molecule has 134 heavy (non-hydrogen) atoms. The molecule has 22 aromatic rings. The third-order valence-corrected chi connectivity index (χ3v) is 27.2. The maximum Gasteiger partial charge on any atom is 0.403 e. The molecule has 0 amide bonds. The van der Waals surface area contributed by atoms with Crippen LogP contribution in [0.1, 0.15) is 166 Å².